The van der Waals surface area contributed by atoms with Crippen LogP contribution in [0.1, 0.15) is 25.8 Å². The average molecular weight is 601 g/mol. The van der Waals surface area contributed by atoms with E-state index in [4.69, 9.17) is 0 Å². The molecule has 0 amide bonds. The normalized spacial score (nSPS) is 12.4. The van der Waals surface area contributed by atoms with Crippen LogP contribution >= 0.6 is 0 Å². The molecule has 0 nitrogen and oxygen atoms in total. The molecule has 47 heavy (non-hydrogen) atoms. The summed E-state index contributed by atoms with van der Waals surface area (Å²) in [4.78, 5) is 0. The Balaban J connectivity index is 0.00000159. The highest BCUT2D eigenvalue weighted by molar-refractivity contribution is 6.22. The Kier molecular flexibility index (Phi) is 7.48. The largest absolute Gasteiger partial charge is 0.0801 e. The van der Waals surface area contributed by atoms with Gasteiger partial charge in [0.25, 0.3) is 0 Å². The fourth-order valence-electron chi connectivity index (χ4n) is 7.40. The summed E-state index contributed by atoms with van der Waals surface area (Å²) in [6.45, 7) is 4.00. The van der Waals surface area contributed by atoms with Crippen molar-refractivity contribution in [2.75, 3.05) is 0 Å². The average Bonchev–Trinajstić information content (AvgIpc) is 3.69. The third-order valence-electron chi connectivity index (χ3n) is 9.44. The third-order valence-corrected chi connectivity index (χ3v) is 9.44. The molecule has 8 aromatic carbocycles. The molecule has 0 fully saturated rings. The van der Waals surface area contributed by atoms with E-state index in [0.717, 1.165) is 6.42 Å². The number of fused-ring (bicyclic) bond motifs is 4. The molecule has 0 spiro atoms. The second-order valence-corrected chi connectivity index (χ2v) is 12.0. The Morgan fingerprint density at radius 3 is 1.51 bits per heavy atom. The van der Waals surface area contributed by atoms with Gasteiger partial charge in [-0.3, -0.25) is 0 Å². The lowest BCUT2D eigenvalue weighted by Crippen LogP contribution is -1.92. The first-order valence-electron chi connectivity index (χ1n) is 16.8. The van der Waals surface area contributed by atoms with Gasteiger partial charge in [-0.1, -0.05) is 172 Å². The Bertz CT molecular complexity index is 2450. The molecule has 224 valence electrons. The monoisotopic (exact) mass is 600 g/mol. The summed E-state index contributed by atoms with van der Waals surface area (Å²) in [7, 11) is 0. The molecule has 0 unspecified atom stereocenters. The minimum Gasteiger partial charge on any atom is -0.0801 e. The minimum absolute atomic E-state index is 1.01. The van der Waals surface area contributed by atoms with E-state index in [1.807, 2.05) is 13.8 Å². The van der Waals surface area contributed by atoms with E-state index >= 15 is 0 Å². The molecule has 0 heterocycles. The molecule has 0 saturated carbocycles. The van der Waals surface area contributed by atoms with Crippen LogP contribution in [0, 0.1) is 0 Å². The van der Waals surface area contributed by atoms with Crippen molar-refractivity contribution in [1.82, 2.24) is 0 Å². The van der Waals surface area contributed by atoms with E-state index in [9.17, 15) is 0 Å². The number of allylic oxidation sites excluding steroid dienone is 4. The minimum atomic E-state index is 1.01. The topological polar surface area (TPSA) is 0 Å². The van der Waals surface area contributed by atoms with Crippen LogP contribution in [-0.4, -0.2) is 0 Å². The number of rotatable bonds is 4. The first kappa shape index (κ1) is 28.7. The Hall–Kier alpha value is -5.72. The zero-order valence-corrected chi connectivity index (χ0v) is 26.9. The van der Waals surface area contributed by atoms with Gasteiger partial charge in [0.2, 0.25) is 0 Å². The summed E-state index contributed by atoms with van der Waals surface area (Å²) in [6.07, 6.45) is 7.82. The Morgan fingerprint density at radius 2 is 0.894 bits per heavy atom. The SMILES string of the molecule is C1=CC(c2ccc(-c3cccc(-c4c5ccccc5c(-c5ccc6ccccc6c5)c5ccccc45)c3)c3ccccc23)=CC1.CC. The fraction of sp³-hybridized carbons (Fsp3) is 0.0638. The molecule has 0 aliphatic heterocycles. The summed E-state index contributed by atoms with van der Waals surface area (Å²) in [5, 5.41) is 10.2. The zero-order valence-electron chi connectivity index (χ0n) is 26.9. The van der Waals surface area contributed by atoms with Crippen LogP contribution in [0.15, 0.2) is 170 Å². The summed E-state index contributed by atoms with van der Waals surface area (Å²) >= 11 is 0. The van der Waals surface area contributed by atoms with Crippen LogP contribution in [0.3, 0.4) is 0 Å². The van der Waals surface area contributed by atoms with E-state index in [2.05, 4.69) is 170 Å². The highest BCUT2D eigenvalue weighted by Gasteiger charge is 2.18. The summed E-state index contributed by atoms with van der Waals surface area (Å²) in [6, 6.07) is 55.9. The second kappa shape index (κ2) is 12.2. The molecule has 8 aromatic rings. The van der Waals surface area contributed by atoms with Crippen molar-refractivity contribution in [1.29, 1.82) is 0 Å². The molecule has 0 atom stereocenters. The highest BCUT2D eigenvalue weighted by Crippen LogP contribution is 2.45. The molecule has 1 aliphatic carbocycles. The summed E-state index contributed by atoms with van der Waals surface area (Å²) in [5.41, 5.74) is 10.2. The van der Waals surface area contributed by atoms with Crippen molar-refractivity contribution in [3.63, 3.8) is 0 Å². The van der Waals surface area contributed by atoms with Gasteiger partial charge in [-0.2, -0.15) is 0 Å². The molecule has 0 bridgehead atoms. The molecule has 1 aliphatic rings. The van der Waals surface area contributed by atoms with Crippen LogP contribution in [0.2, 0.25) is 0 Å². The molecule has 0 N–H and O–H groups in total. The molecule has 0 aromatic heterocycles. The van der Waals surface area contributed by atoms with Crippen LogP contribution in [0.4, 0.5) is 0 Å². The maximum absolute atomic E-state index is 2.39. The Morgan fingerprint density at radius 1 is 0.383 bits per heavy atom. The van der Waals surface area contributed by atoms with Crippen molar-refractivity contribution >= 4 is 48.7 Å². The predicted molar refractivity (Wildman–Crippen MR) is 206 cm³/mol. The van der Waals surface area contributed by atoms with Gasteiger partial charge in [-0.05, 0) is 106 Å². The van der Waals surface area contributed by atoms with Gasteiger partial charge in [0.05, 0.1) is 0 Å². The molecule has 9 rings (SSSR count). The van der Waals surface area contributed by atoms with Gasteiger partial charge in [-0.15, -0.1) is 0 Å². The van der Waals surface area contributed by atoms with Gasteiger partial charge in [0.15, 0.2) is 0 Å². The lowest BCUT2D eigenvalue weighted by molar-refractivity contribution is 1.45. The van der Waals surface area contributed by atoms with Gasteiger partial charge in [-0.25, -0.2) is 0 Å². The maximum Gasteiger partial charge on any atom is -0.00262 e. The predicted octanol–water partition coefficient (Wildman–Crippen LogP) is 13.7. The lowest BCUT2D eigenvalue weighted by atomic mass is 9.84. The second-order valence-electron chi connectivity index (χ2n) is 12.0. The van der Waals surface area contributed by atoms with Gasteiger partial charge in [0, 0.05) is 0 Å². The van der Waals surface area contributed by atoms with E-state index in [-0.39, 0.29) is 0 Å². The third kappa shape index (κ3) is 4.94. The lowest BCUT2D eigenvalue weighted by Gasteiger charge is -2.19. The zero-order chi connectivity index (χ0) is 31.7. The van der Waals surface area contributed by atoms with Crippen LogP contribution < -0.4 is 0 Å². The quantitative estimate of drug-likeness (QED) is 0.176. The van der Waals surface area contributed by atoms with Gasteiger partial charge >= 0.3 is 0 Å². The van der Waals surface area contributed by atoms with E-state index in [1.54, 1.807) is 0 Å². The number of benzene rings is 8. The van der Waals surface area contributed by atoms with Gasteiger partial charge < -0.3 is 0 Å². The standard InChI is InChI=1S/C45H30.C2H6/c1-4-15-32-28-35(25-24-30(32)12-1)45-42-22-9-7-20-40(42)44(41-21-8-10-23-43(41)45)34-17-11-16-33(29-34)37-27-26-36(31-13-2-3-14-31)38-18-5-6-19-39(37)38;1-2/h1-2,4-29H,3H2;1-2H3. The number of hydrogen-bond acceptors (Lipinski definition) is 0. The van der Waals surface area contributed by atoms with E-state index in [0.29, 0.717) is 0 Å². The van der Waals surface area contributed by atoms with Crippen LogP contribution in [0.25, 0.3) is 82.0 Å². The fourth-order valence-corrected chi connectivity index (χ4v) is 7.40. The van der Waals surface area contributed by atoms with Crippen molar-refractivity contribution < 1.29 is 0 Å². The first-order chi connectivity index (χ1) is 23.3. The summed E-state index contributed by atoms with van der Waals surface area (Å²) < 4.78 is 0. The molecule has 0 saturated heterocycles. The van der Waals surface area contributed by atoms with E-state index in [1.165, 1.54) is 87.6 Å². The van der Waals surface area contributed by atoms with Crippen LogP contribution in [-0.2, 0) is 0 Å². The van der Waals surface area contributed by atoms with Crippen LogP contribution in [0.5, 0.6) is 0 Å². The molecule has 0 radical (unpaired) electrons. The molecular weight excluding hydrogens is 565 g/mol. The maximum atomic E-state index is 2.39. The van der Waals surface area contributed by atoms with Crippen molar-refractivity contribution in [3.05, 3.63) is 175 Å². The Labute approximate surface area is 277 Å². The summed E-state index contributed by atoms with van der Waals surface area (Å²) in [5.74, 6) is 0. The van der Waals surface area contributed by atoms with Crippen molar-refractivity contribution in [3.8, 4) is 33.4 Å². The highest BCUT2D eigenvalue weighted by atomic mass is 14.2. The molecule has 0 heteroatoms. The van der Waals surface area contributed by atoms with E-state index < -0.39 is 0 Å². The number of hydrogen-bond donors (Lipinski definition) is 0. The molecular formula is C47H36. The van der Waals surface area contributed by atoms with Crippen molar-refractivity contribution in [2.45, 2.75) is 20.3 Å². The van der Waals surface area contributed by atoms with Gasteiger partial charge in [0.1, 0.15) is 0 Å². The first-order valence-corrected chi connectivity index (χ1v) is 16.8. The van der Waals surface area contributed by atoms with Crippen molar-refractivity contribution in [2.24, 2.45) is 0 Å². The smallest absolute Gasteiger partial charge is 0.00262 e.